The van der Waals surface area contributed by atoms with Gasteiger partial charge in [0.2, 0.25) is 0 Å². The van der Waals surface area contributed by atoms with E-state index in [9.17, 15) is 9.59 Å². The second-order valence-electron chi connectivity index (χ2n) is 7.14. The summed E-state index contributed by atoms with van der Waals surface area (Å²) in [5, 5.41) is 8.93. The first-order valence-electron chi connectivity index (χ1n) is 10.5. The molecule has 0 rings (SSSR count). The number of hydrogen-bond donors (Lipinski definition) is 1. The minimum Gasteiger partial charge on any atom is -0.481 e. The Kier molecular flexibility index (Phi) is 17.0. The molecule has 4 nitrogen and oxygen atoms in total. The summed E-state index contributed by atoms with van der Waals surface area (Å²) in [4.78, 5) is 22.8. The van der Waals surface area contributed by atoms with Crippen molar-refractivity contribution in [2.75, 3.05) is 0 Å². The zero-order valence-corrected chi connectivity index (χ0v) is 16.6. The van der Waals surface area contributed by atoms with Crippen LogP contribution in [0.3, 0.4) is 0 Å². The van der Waals surface area contributed by atoms with Crippen molar-refractivity contribution < 1.29 is 19.4 Å². The molecule has 4 heteroatoms. The largest absolute Gasteiger partial charge is 0.481 e. The molecule has 0 aliphatic carbocycles. The number of carboxylic acids is 1. The molecule has 1 N–H and O–H groups in total. The molecule has 0 radical (unpaired) electrons. The highest BCUT2D eigenvalue weighted by Crippen LogP contribution is 2.14. The van der Waals surface area contributed by atoms with Crippen LogP contribution in [-0.4, -0.2) is 23.1 Å². The minimum absolute atomic E-state index is 0.0759. The second-order valence-corrected chi connectivity index (χ2v) is 7.14. The molecule has 0 bridgehead atoms. The van der Waals surface area contributed by atoms with Crippen LogP contribution in [0.2, 0.25) is 0 Å². The molecule has 0 aliphatic rings. The predicted octanol–water partition coefficient (Wildman–Crippen LogP) is 6.26. The molecule has 1 atom stereocenters. The summed E-state index contributed by atoms with van der Waals surface area (Å²) in [7, 11) is 0. The van der Waals surface area contributed by atoms with E-state index in [-0.39, 0.29) is 12.4 Å². The number of carboxylic acid groups (broad SMARTS) is 1. The Bertz CT molecular complexity index is 328. The van der Waals surface area contributed by atoms with E-state index in [1.165, 1.54) is 51.4 Å². The minimum atomic E-state index is -0.895. The Labute approximate surface area is 154 Å². The summed E-state index contributed by atoms with van der Waals surface area (Å²) in [5.41, 5.74) is 0. The molecule has 0 aromatic carbocycles. The van der Waals surface area contributed by atoms with Crippen molar-refractivity contribution in [1.29, 1.82) is 0 Å². The highest BCUT2D eigenvalue weighted by molar-refractivity contribution is 5.71. The van der Waals surface area contributed by atoms with Crippen LogP contribution in [0, 0.1) is 0 Å². The van der Waals surface area contributed by atoms with E-state index in [0.29, 0.717) is 12.8 Å². The molecule has 0 saturated heterocycles. The molecule has 148 valence electrons. The topological polar surface area (TPSA) is 63.6 Å². The fourth-order valence-corrected chi connectivity index (χ4v) is 3.02. The van der Waals surface area contributed by atoms with Gasteiger partial charge >= 0.3 is 11.9 Å². The van der Waals surface area contributed by atoms with Crippen LogP contribution in [-0.2, 0) is 14.3 Å². The van der Waals surface area contributed by atoms with Crippen LogP contribution >= 0.6 is 0 Å². The molecular weight excluding hydrogens is 316 g/mol. The summed E-state index contributed by atoms with van der Waals surface area (Å²) < 4.78 is 5.37. The molecule has 0 spiro atoms. The summed E-state index contributed by atoms with van der Waals surface area (Å²) in [5.74, 6) is -1.13. The van der Waals surface area contributed by atoms with Gasteiger partial charge in [0.25, 0.3) is 0 Å². The number of esters is 1. The van der Waals surface area contributed by atoms with Gasteiger partial charge in [0.05, 0.1) is 6.42 Å². The van der Waals surface area contributed by atoms with Gasteiger partial charge in [0.15, 0.2) is 0 Å². The molecule has 1 unspecified atom stereocenters. The van der Waals surface area contributed by atoms with Crippen molar-refractivity contribution in [2.24, 2.45) is 0 Å². The molecule has 0 saturated carbocycles. The Morgan fingerprint density at radius 3 is 1.76 bits per heavy atom. The molecule has 0 fully saturated rings. The number of unbranched alkanes of at least 4 members (excludes halogenated alkanes) is 11. The maximum absolute atomic E-state index is 11.9. The predicted molar refractivity (Wildman–Crippen MR) is 103 cm³/mol. The van der Waals surface area contributed by atoms with Crippen LogP contribution < -0.4 is 0 Å². The number of hydrogen-bond acceptors (Lipinski definition) is 3. The van der Waals surface area contributed by atoms with Gasteiger partial charge in [-0.05, 0) is 19.3 Å². The lowest BCUT2D eigenvalue weighted by molar-refractivity contribution is -0.153. The molecule has 0 heterocycles. The fourth-order valence-electron chi connectivity index (χ4n) is 3.02. The van der Waals surface area contributed by atoms with E-state index in [1.807, 2.05) is 0 Å². The van der Waals surface area contributed by atoms with Crippen molar-refractivity contribution in [3.8, 4) is 0 Å². The fraction of sp³-hybridized carbons (Fsp3) is 0.905. The van der Waals surface area contributed by atoms with Gasteiger partial charge in [-0.2, -0.15) is 0 Å². The van der Waals surface area contributed by atoms with Crippen molar-refractivity contribution in [2.45, 2.75) is 123 Å². The van der Waals surface area contributed by atoms with Crippen molar-refractivity contribution in [3.05, 3.63) is 0 Å². The third-order valence-electron chi connectivity index (χ3n) is 4.56. The number of ether oxygens (including phenoxy) is 1. The quantitative estimate of drug-likeness (QED) is 0.232. The number of rotatable bonds is 18. The smallest absolute Gasteiger partial charge is 0.307 e. The first-order valence-corrected chi connectivity index (χ1v) is 10.5. The van der Waals surface area contributed by atoms with Gasteiger partial charge < -0.3 is 9.84 Å². The van der Waals surface area contributed by atoms with Gasteiger partial charge in [-0.25, -0.2) is 0 Å². The van der Waals surface area contributed by atoms with E-state index < -0.39 is 12.1 Å². The lowest BCUT2D eigenvalue weighted by Gasteiger charge is -2.16. The molecule has 0 amide bonds. The van der Waals surface area contributed by atoms with E-state index in [1.54, 1.807) is 0 Å². The Morgan fingerprint density at radius 1 is 0.760 bits per heavy atom. The van der Waals surface area contributed by atoms with Crippen molar-refractivity contribution >= 4 is 11.9 Å². The Balaban J connectivity index is 3.65. The van der Waals surface area contributed by atoms with E-state index in [4.69, 9.17) is 9.84 Å². The number of carbonyl (C=O) groups is 2. The number of aliphatic carboxylic acids is 1. The van der Waals surface area contributed by atoms with Gasteiger partial charge in [-0.3, -0.25) is 9.59 Å². The first-order chi connectivity index (χ1) is 12.1. The first kappa shape index (κ1) is 23.9. The lowest BCUT2D eigenvalue weighted by atomic mass is 10.1. The van der Waals surface area contributed by atoms with Crippen LogP contribution in [0.15, 0.2) is 0 Å². The molecular formula is C21H40O4. The van der Waals surface area contributed by atoms with E-state index in [2.05, 4.69) is 13.8 Å². The SMILES string of the molecule is CCCCCCCCCCCCC(=O)OC(CCCCC)CC(=O)O. The Hall–Kier alpha value is -1.06. The third-order valence-corrected chi connectivity index (χ3v) is 4.56. The lowest BCUT2D eigenvalue weighted by Crippen LogP contribution is -2.21. The summed E-state index contributed by atoms with van der Waals surface area (Å²) in [6, 6.07) is 0. The molecule has 25 heavy (non-hydrogen) atoms. The molecule has 0 aromatic heterocycles. The highest BCUT2D eigenvalue weighted by atomic mass is 16.5. The number of carbonyl (C=O) groups excluding carboxylic acids is 1. The summed E-state index contributed by atoms with van der Waals surface area (Å²) in [6.07, 6.45) is 15.9. The van der Waals surface area contributed by atoms with Crippen molar-refractivity contribution in [1.82, 2.24) is 0 Å². The average Bonchev–Trinajstić information content (AvgIpc) is 2.56. The van der Waals surface area contributed by atoms with Gasteiger partial charge in [0.1, 0.15) is 6.10 Å². The van der Waals surface area contributed by atoms with E-state index in [0.717, 1.165) is 32.1 Å². The van der Waals surface area contributed by atoms with Crippen LogP contribution in [0.4, 0.5) is 0 Å². The van der Waals surface area contributed by atoms with Crippen LogP contribution in [0.5, 0.6) is 0 Å². The Morgan fingerprint density at radius 2 is 1.24 bits per heavy atom. The average molecular weight is 357 g/mol. The second kappa shape index (κ2) is 17.8. The maximum Gasteiger partial charge on any atom is 0.307 e. The zero-order valence-electron chi connectivity index (χ0n) is 16.6. The maximum atomic E-state index is 11.9. The van der Waals surface area contributed by atoms with E-state index >= 15 is 0 Å². The highest BCUT2D eigenvalue weighted by Gasteiger charge is 2.17. The van der Waals surface area contributed by atoms with Crippen LogP contribution in [0.25, 0.3) is 0 Å². The summed E-state index contributed by atoms with van der Waals surface area (Å²) in [6.45, 7) is 4.34. The monoisotopic (exact) mass is 356 g/mol. The van der Waals surface area contributed by atoms with Gasteiger partial charge in [0, 0.05) is 6.42 Å². The third kappa shape index (κ3) is 17.6. The zero-order chi connectivity index (χ0) is 18.8. The molecule has 0 aromatic rings. The standard InChI is InChI=1S/C21H40O4/c1-3-5-7-8-9-10-11-12-13-15-17-21(24)25-19(18-20(22)23)16-14-6-4-2/h19H,3-18H2,1-2H3,(H,22,23). The van der Waals surface area contributed by atoms with Crippen LogP contribution in [0.1, 0.15) is 117 Å². The molecule has 0 aliphatic heterocycles. The summed E-state index contributed by atoms with van der Waals surface area (Å²) >= 11 is 0. The van der Waals surface area contributed by atoms with Gasteiger partial charge in [-0.15, -0.1) is 0 Å². The normalized spacial score (nSPS) is 12.1. The van der Waals surface area contributed by atoms with Gasteiger partial charge in [-0.1, -0.05) is 84.5 Å². The van der Waals surface area contributed by atoms with Crippen molar-refractivity contribution in [3.63, 3.8) is 0 Å².